The molecule has 0 aromatic heterocycles. The van der Waals surface area contributed by atoms with Gasteiger partial charge in [0.25, 0.3) is 0 Å². The molecule has 2 aromatic rings. The third kappa shape index (κ3) is 3.02. The third-order valence-corrected chi connectivity index (χ3v) is 2.22. The first-order valence-electron chi connectivity index (χ1n) is 5.11. The maximum atomic E-state index is 12.9. The van der Waals surface area contributed by atoms with Crippen LogP contribution in [0.1, 0.15) is 21.5 Å². The van der Waals surface area contributed by atoms with Gasteiger partial charge < -0.3 is 0 Å². The number of rotatable bonds is 1. The van der Waals surface area contributed by atoms with Gasteiger partial charge in [-0.1, -0.05) is 30.0 Å². The van der Waals surface area contributed by atoms with Crippen LogP contribution in [0.4, 0.5) is 4.39 Å². The van der Waals surface area contributed by atoms with E-state index in [-0.39, 0.29) is 5.82 Å². The first-order chi connectivity index (χ1) is 8.28. The molecule has 0 atom stereocenters. The van der Waals surface area contributed by atoms with Gasteiger partial charge in [-0.3, -0.25) is 4.79 Å². The number of halogens is 1. The quantitative estimate of drug-likeness (QED) is 0.537. The molecule has 2 rings (SSSR count). The number of carbonyl (C=O) groups excluding carboxylic acids is 1. The normalized spacial score (nSPS) is 9.24. The van der Waals surface area contributed by atoms with Crippen molar-refractivity contribution in [2.75, 3.05) is 0 Å². The van der Waals surface area contributed by atoms with Gasteiger partial charge in [0.2, 0.25) is 0 Å². The highest BCUT2D eigenvalue weighted by Gasteiger charge is 1.91. The Bertz CT molecular complexity index is 588. The topological polar surface area (TPSA) is 17.1 Å². The zero-order valence-electron chi connectivity index (χ0n) is 8.98. The van der Waals surface area contributed by atoms with Crippen molar-refractivity contribution in [2.24, 2.45) is 0 Å². The van der Waals surface area contributed by atoms with Crippen molar-refractivity contribution in [1.82, 2.24) is 0 Å². The number of carbonyl (C=O) groups is 1. The molecule has 0 saturated heterocycles. The van der Waals surface area contributed by atoms with E-state index in [1.165, 1.54) is 12.1 Å². The average molecular weight is 224 g/mol. The molecule has 0 unspecified atom stereocenters. The van der Waals surface area contributed by atoms with E-state index in [2.05, 4.69) is 11.8 Å². The van der Waals surface area contributed by atoms with Gasteiger partial charge >= 0.3 is 0 Å². The Morgan fingerprint density at radius 3 is 2.29 bits per heavy atom. The fraction of sp³-hybridized carbons (Fsp3) is 0. The average Bonchev–Trinajstić information content (AvgIpc) is 2.37. The van der Waals surface area contributed by atoms with E-state index in [9.17, 15) is 9.18 Å². The van der Waals surface area contributed by atoms with Gasteiger partial charge in [-0.2, -0.15) is 0 Å². The molecular weight excluding hydrogens is 215 g/mol. The van der Waals surface area contributed by atoms with E-state index >= 15 is 0 Å². The van der Waals surface area contributed by atoms with E-state index in [0.717, 1.165) is 11.8 Å². The Morgan fingerprint density at radius 1 is 0.941 bits per heavy atom. The van der Waals surface area contributed by atoms with Crippen molar-refractivity contribution in [1.29, 1.82) is 0 Å². The summed E-state index contributed by atoms with van der Waals surface area (Å²) >= 11 is 0. The van der Waals surface area contributed by atoms with E-state index in [1.807, 2.05) is 0 Å². The summed E-state index contributed by atoms with van der Waals surface area (Å²) in [4.78, 5) is 10.5. The first kappa shape index (κ1) is 11.1. The summed E-state index contributed by atoms with van der Waals surface area (Å²) in [6.07, 6.45) is 0.782. The molecule has 1 nitrogen and oxygen atoms in total. The van der Waals surface area contributed by atoms with Crippen molar-refractivity contribution in [3.63, 3.8) is 0 Å². The fourth-order valence-corrected chi connectivity index (χ4v) is 1.36. The highest BCUT2D eigenvalue weighted by atomic mass is 19.1. The highest BCUT2D eigenvalue weighted by molar-refractivity contribution is 5.74. The Labute approximate surface area is 98.9 Å². The molecule has 17 heavy (non-hydrogen) atoms. The van der Waals surface area contributed by atoms with Gasteiger partial charge in [0.15, 0.2) is 0 Å². The molecule has 0 heterocycles. The summed E-state index contributed by atoms with van der Waals surface area (Å²) in [5.41, 5.74) is 2.03. The Hall–Kier alpha value is -2.40. The lowest BCUT2D eigenvalue weighted by molar-refractivity contribution is 0.112. The lowest BCUT2D eigenvalue weighted by Crippen LogP contribution is -1.81. The highest BCUT2D eigenvalue weighted by Crippen LogP contribution is 2.04. The van der Waals surface area contributed by atoms with Crippen molar-refractivity contribution in [2.45, 2.75) is 0 Å². The molecule has 0 aliphatic carbocycles. The summed E-state index contributed by atoms with van der Waals surface area (Å²) in [5, 5.41) is 0. The van der Waals surface area contributed by atoms with Gasteiger partial charge in [-0.05, 0) is 30.3 Å². The predicted octanol–water partition coefficient (Wildman–Crippen LogP) is 3.04. The molecule has 0 aliphatic rings. The van der Waals surface area contributed by atoms with Crippen LogP contribution in [0.5, 0.6) is 0 Å². The van der Waals surface area contributed by atoms with Gasteiger partial charge in [0.1, 0.15) is 12.1 Å². The van der Waals surface area contributed by atoms with Gasteiger partial charge in [-0.25, -0.2) is 4.39 Å². The number of hydrogen-bond donors (Lipinski definition) is 0. The van der Waals surface area contributed by atoms with Gasteiger partial charge in [0, 0.05) is 16.7 Å². The fourth-order valence-electron chi connectivity index (χ4n) is 1.36. The molecule has 0 amide bonds. The molecule has 0 radical (unpaired) electrons. The standard InChI is InChI=1S/C15H9FO/c16-15-3-1-2-13(10-15)7-4-12-5-8-14(11-17)9-6-12/h1-3,5-6,8-11H. The largest absolute Gasteiger partial charge is 0.298 e. The molecule has 0 saturated carbocycles. The minimum atomic E-state index is -0.298. The summed E-state index contributed by atoms with van der Waals surface area (Å²) in [5.74, 6) is 5.47. The second kappa shape index (κ2) is 5.09. The lowest BCUT2D eigenvalue weighted by atomic mass is 10.1. The maximum Gasteiger partial charge on any atom is 0.150 e. The van der Waals surface area contributed by atoms with Crippen LogP contribution >= 0.6 is 0 Å². The van der Waals surface area contributed by atoms with Crippen LogP contribution in [0.25, 0.3) is 0 Å². The summed E-state index contributed by atoms with van der Waals surface area (Å²) in [7, 11) is 0. The van der Waals surface area contributed by atoms with E-state index in [4.69, 9.17) is 0 Å². The number of hydrogen-bond acceptors (Lipinski definition) is 1. The zero-order chi connectivity index (χ0) is 12.1. The summed E-state index contributed by atoms with van der Waals surface area (Å²) in [6.45, 7) is 0. The number of aldehydes is 1. The smallest absolute Gasteiger partial charge is 0.150 e. The van der Waals surface area contributed by atoms with E-state index in [0.29, 0.717) is 11.1 Å². The van der Waals surface area contributed by atoms with Crippen LogP contribution in [-0.4, -0.2) is 6.29 Å². The SMILES string of the molecule is O=Cc1ccc(C#Cc2cccc(F)c2)cc1. The minimum absolute atomic E-state index is 0.298. The lowest BCUT2D eigenvalue weighted by Gasteiger charge is -1.92. The molecular formula is C15H9FO. The van der Waals surface area contributed by atoms with Crippen LogP contribution in [0, 0.1) is 17.7 Å². The molecule has 0 fully saturated rings. The Balaban J connectivity index is 2.23. The second-order valence-corrected chi connectivity index (χ2v) is 3.50. The molecule has 0 bridgehead atoms. The molecule has 0 aliphatic heterocycles. The molecule has 2 aromatic carbocycles. The maximum absolute atomic E-state index is 12.9. The van der Waals surface area contributed by atoms with Gasteiger partial charge in [0.05, 0.1) is 0 Å². The third-order valence-electron chi connectivity index (χ3n) is 2.22. The van der Waals surface area contributed by atoms with Crippen molar-refractivity contribution < 1.29 is 9.18 Å². The van der Waals surface area contributed by atoms with Crippen LogP contribution in [-0.2, 0) is 0 Å². The molecule has 0 N–H and O–H groups in total. The molecule has 0 spiro atoms. The van der Waals surface area contributed by atoms with Crippen LogP contribution in [0.15, 0.2) is 48.5 Å². The number of benzene rings is 2. The summed E-state index contributed by atoms with van der Waals surface area (Å²) < 4.78 is 12.9. The first-order valence-corrected chi connectivity index (χ1v) is 5.11. The monoisotopic (exact) mass is 224 g/mol. The molecule has 82 valence electrons. The van der Waals surface area contributed by atoms with Crippen molar-refractivity contribution in [3.05, 3.63) is 71.0 Å². The van der Waals surface area contributed by atoms with E-state index < -0.39 is 0 Å². The van der Waals surface area contributed by atoms with Crippen LogP contribution in [0.3, 0.4) is 0 Å². The minimum Gasteiger partial charge on any atom is -0.298 e. The summed E-state index contributed by atoms with van der Waals surface area (Å²) in [6, 6.07) is 13.0. The van der Waals surface area contributed by atoms with Crippen LogP contribution in [0.2, 0.25) is 0 Å². The van der Waals surface area contributed by atoms with Gasteiger partial charge in [-0.15, -0.1) is 0 Å². The van der Waals surface area contributed by atoms with Crippen LogP contribution < -0.4 is 0 Å². The second-order valence-electron chi connectivity index (χ2n) is 3.50. The van der Waals surface area contributed by atoms with Crippen molar-refractivity contribution in [3.8, 4) is 11.8 Å². The van der Waals surface area contributed by atoms with Crippen molar-refractivity contribution >= 4 is 6.29 Å². The zero-order valence-corrected chi connectivity index (χ0v) is 8.98. The van der Waals surface area contributed by atoms with E-state index in [1.54, 1.807) is 36.4 Å². The molecule has 2 heteroatoms. The Kier molecular flexibility index (Phi) is 3.32. The Morgan fingerprint density at radius 2 is 1.65 bits per heavy atom. The predicted molar refractivity (Wildman–Crippen MR) is 64.2 cm³/mol.